The Bertz CT molecular complexity index is 734. The van der Waals surface area contributed by atoms with Crippen LogP contribution in [0.4, 0.5) is 23.7 Å². The number of hydrogen-bond acceptors (Lipinski definition) is 2. The molecule has 0 bridgehead atoms. The number of aromatic nitrogens is 1. The van der Waals surface area contributed by atoms with Crippen LogP contribution in [0.2, 0.25) is 0 Å². The Morgan fingerprint density at radius 2 is 2.04 bits per heavy atom. The number of rotatable bonds is 2. The van der Waals surface area contributed by atoms with Gasteiger partial charge in [0, 0.05) is 12.7 Å². The number of amides is 2. The molecule has 2 amide bonds. The van der Waals surface area contributed by atoms with E-state index in [4.69, 9.17) is 0 Å². The second-order valence-electron chi connectivity index (χ2n) is 6.00. The first-order valence-electron chi connectivity index (χ1n) is 8.10. The summed E-state index contributed by atoms with van der Waals surface area (Å²) in [5.74, 6) is 0. The van der Waals surface area contributed by atoms with E-state index in [0.29, 0.717) is 24.2 Å². The van der Waals surface area contributed by atoms with Gasteiger partial charge in [-0.05, 0) is 49.1 Å². The minimum absolute atomic E-state index is 0.324. The number of halogens is 3. The number of carbonyl (C=O) groups excluding carboxylic acids is 1. The quantitative estimate of drug-likeness (QED) is 0.841. The van der Waals surface area contributed by atoms with Gasteiger partial charge in [-0.25, -0.2) is 4.79 Å². The van der Waals surface area contributed by atoms with Crippen molar-refractivity contribution >= 4 is 11.7 Å². The van der Waals surface area contributed by atoms with Crippen LogP contribution in [0.5, 0.6) is 0 Å². The summed E-state index contributed by atoms with van der Waals surface area (Å²) in [5.41, 5.74) is 0.375. The summed E-state index contributed by atoms with van der Waals surface area (Å²) >= 11 is 0. The molecule has 1 saturated heterocycles. The van der Waals surface area contributed by atoms with E-state index < -0.39 is 11.7 Å². The van der Waals surface area contributed by atoms with Gasteiger partial charge in [0.05, 0.1) is 23.5 Å². The highest BCUT2D eigenvalue weighted by molar-refractivity contribution is 5.89. The summed E-state index contributed by atoms with van der Waals surface area (Å²) in [7, 11) is 0. The highest BCUT2D eigenvalue weighted by Gasteiger charge is 2.33. The van der Waals surface area contributed by atoms with Gasteiger partial charge >= 0.3 is 12.2 Å². The summed E-state index contributed by atoms with van der Waals surface area (Å²) < 4.78 is 38.9. The molecule has 0 saturated carbocycles. The largest absolute Gasteiger partial charge is 0.416 e. The molecule has 1 aliphatic rings. The highest BCUT2D eigenvalue weighted by atomic mass is 19.4. The van der Waals surface area contributed by atoms with Crippen LogP contribution in [0.15, 0.2) is 48.8 Å². The van der Waals surface area contributed by atoms with Gasteiger partial charge in [-0.1, -0.05) is 12.1 Å². The van der Waals surface area contributed by atoms with Crippen molar-refractivity contribution in [3.8, 4) is 0 Å². The highest BCUT2D eigenvalue weighted by Crippen LogP contribution is 2.35. The molecule has 1 aliphatic heterocycles. The van der Waals surface area contributed by atoms with Gasteiger partial charge in [0.1, 0.15) is 0 Å². The molecule has 1 fully saturated rings. The number of likely N-dealkylation sites (tertiary alicyclic amines) is 1. The van der Waals surface area contributed by atoms with E-state index in [-0.39, 0.29) is 12.1 Å². The summed E-state index contributed by atoms with van der Waals surface area (Å²) in [6, 6.07) is 7.96. The predicted molar refractivity (Wildman–Crippen MR) is 88.0 cm³/mol. The number of pyridine rings is 1. The van der Waals surface area contributed by atoms with Crippen molar-refractivity contribution in [2.24, 2.45) is 0 Å². The van der Waals surface area contributed by atoms with Crippen LogP contribution in [-0.2, 0) is 6.18 Å². The molecule has 2 heterocycles. The van der Waals surface area contributed by atoms with Gasteiger partial charge in [0.25, 0.3) is 0 Å². The zero-order valence-corrected chi connectivity index (χ0v) is 13.5. The maximum Gasteiger partial charge on any atom is 0.416 e. The molecule has 1 atom stereocenters. The van der Waals surface area contributed by atoms with Gasteiger partial charge in [-0.2, -0.15) is 13.2 Å². The summed E-state index contributed by atoms with van der Waals surface area (Å²) in [4.78, 5) is 18.1. The van der Waals surface area contributed by atoms with E-state index in [1.165, 1.54) is 12.3 Å². The van der Waals surface area contributed by atoms with E-state index >= 15 is 0 Å². The number of hydrogen-bond donors (Lipinski definition) is 1. The Morgan fingerprint density at radius 1 is 1.20 bits per heavy atom. The number of nitrogens with zero attached hydrogens (tertiary/aromatic N) is 2. The Morgan fingerprint density at radius 3 is 2.76 bits per heavy atom. The number of urea groups is 1. The van der Waals surface area contributed by atoms with Crippen molar-refractivity contribution in [3.05, 3.63) is 59.9 Å². The molecule has 1 N–H and O–H groups in total. The van der Waals surface area contributed by atoms with E-state index in [9.17, 15) is 18.0 Å². The molecule has 132 valence electrons. The van der Waals surface area contributed by atoms with Gasteiger partial charge < -0.3 is 10.2 Å². The number of alkyl halides is 3. The monoisotopic (exact) mass is 349 g/mol. The van der Waals surface area contributed by atoms with Crippen molar-refractivity contribution in [3.63, 3.8) is 0 Å². The minimum atomic E-state index is -4.40. The maximum atomic E-state index is 13.0. The van der Waals surface area contributed by atoms with Crippen LogP contribution >= 0.6 is 0 Å². The number of benzene rings is 1. The van der Waals surface area contributed by atoms with Gasteiger partial charge in [0.2, 0.25) is 0 Å². The molecule has 1 aromatic carbocycles. The Labute approximate surface area is 143 Å². The predicted octanol–water partition coefficient (Wildman–Crippen LogP) is 4.86. The molecule has 0 aliphatic carbocycles. The summed E-state index contributed by atoms with van der Waals surface area (Å²) in [6.45, 7) is 0.507. The standard InChI is InChI=1S/C18H18F3N3O/c19-18(20,21)14-6-3-5-13(11-14)16-8-1-2-10-24(16)17(25)23-15-7-4-9-22-12-15/h3-7,9,11-12,16H,1-2,8,10H2,(H,23,25). The number of anilines is 1. The third kappa shape index (κ3) is 4.10. The zero-order chi connectivity index (χ0) is 17.9. The summed E-state index contributed by atoms with van der Waals surface area (Å²) in [5, 5.41) is 2.76. The fourth-order valence-electron chi connectivity index (χ4n) is 3.08. The molecule has 1 unspecified atom stereocenters. The fourth-order valence-corrected chi connectivity index (χ4v) is 3.08. The first-order valence-corrected chi connectivity index (χ1v) is 8.10. The molecule has 2 aromatic rings. The van der Waals surface area contributed by atoms with Gasteiger partial charge in [-0.3, -0.25) is 4.98 Å². The normalized spacial score (nSPS) is 18.0. The SMILES string of the molecule is O=C(Nc1cccnc1)N1CCCCC1c1cccc(C(F)(F)F)c1. The molecular weight excluding hydrogens is 331 g/mol. The molecule has 0 radical (unpaired) electrons. The second-order valence-corrected chi connectivity index (χ2v) is 6.00. The Balaban J connectivity index is 1.82. The minimum Gasteiger partial charge on any atom is -0.317 e. The average Bonchev–Trinajstić information content (AvgIpc) is 2.62. The molecule has 0 spiro atoms. The molecule has 7 heteroatoms. The number of carbonyl (C=O) groups is 1. The van der Waals surface area contributed by atoms with Crippen molar-refractivity contribution in [2.45, 2.75) is 31.5 Å². The Hall–Kier alpha value is -2.57. The lowest BCUT2D eigenvalue weighted by Crippen LogP contribution is -2.41. The molecule has 4 nitrogen and oxygen atoms in total. The van der Waals surface area contributed by atoms with Crippen LogP contribution < -0.4 is 5.32 Å². The topological polar surface area (TPSA) is 45.2 Å². The third-order valence-electron chi connectivity index (χ3n) is 4.28. The first kappa shape index (κ1) is 17.3. The fraction of sp³-hybridized carbons (Fsp3) is 0.333. The third-order valence-corrected chi connectivity index (χ3v) is 4.28. The molecule has 1 aromatic heterocycles. The summed E-state index contributed by atoms with van der Waals surface area (Å²) in [6.07, 6.45) is 1.08. The first-order chi connectivity index (χ1) is 11.9. The van der Waals surface area contributed by atoms with Crippen molar-refractivity contribution in [1.82, 2.24) is 9.88 Å². The average molecular weight is 349 g/mol. The van der Waals surface area contributed by atoms with Crippen molar-refractivity contribution in [2.75, 3.05) is 11.9 Å². The molecule has 25 heavy (non-hydrogen) atoms. The lowest BCUT2D eigenvalue weighted by Gasteiger charge is -2.36. The van der Waals surface area contributed by atoms with E-state index in [1.807, 2.05) is 0 Å². The molecule has 3 rings (SSSR count). The van der Waals surface area contributed by atoms with Crippen LogP contribution in [-0.4, -0.2) is 22.5 Å². The van der Waals surface area contributed by atoms with Crippen LogP contribution in [0.25, 0.3) is 0 Å². The van der Waals surface area contributed by atoms with Crippen LogP contribution in [0.1, 0.15) is 36.4 Å². The van der Waals surface area contributed by atoms with Crippen LogP contribution in [0, 0.1) is 0 Å². The molecular formula is C18H18F3N3O. The number of piperidine rings is 1. The van der Waals surface area contributed by atoms with Crippen molar-refractivity contribution < 1.29 is 18.0 Å². The second kappa shape index (κ2) is 7.13. The van der Waals surface area contributed by atoms with E-state index in [1.54, 1.807) is 29.3 Å². The zero-order valence-electron chi connectivity index (χ0n) is 13.5. The smallest absolute Gasteiger partial charge is 0.317 e. The lowest BCUT2D eigenvalue weighted by molar-refractivity contribution is -0.137. The van der Waals surface area contributed by atoms with Crippen molar-refractivity contribution in [1.29, 1.82) is 0 Å². The van der Waals surface area contributed by atoms with Gasteiger partial charge in [-0.15, -0.1) is 0 Å². The van der Waals surface area contributed by atoms with E-state index in [0.717, 1.165) is 25.0 Å². The van der Waals surface area contributed by atoms with E-state index in [2.05, 4.69) is 10.3 Å². The van der Waals surface area contributed by atoms with Gasteiger partial charge in [0.15, 0.2) is 0 Å². The number of nitrogens with one attached hydrogen (secondary N) is 1. The Kier molecular flexibility index (Phi) is 4.92. The van der Waals surface area contributed by atoms with Crippen LogP contribution in [0.3, 0.4) is 0 Å². The lowest BCUT2D eigenvalue weighted by atomic mass is 9.94. The maximum absolute atomic E-state index is 13.0.